The second-order valence-electron chi connectivity index (χ2n) is 11.2. The molecular formula is C34H46ClN2O5P. The number of nitro benzene ring substituents is 1. The molecule has 3 aromatic rings. The largest absolute Gasteiger partial charge is 1.00 e. The van der Waals surface area contributed by atoms with Crippen LogP contribution < -0.4 is 28.3 Å². The summed E-state index contributed by atoms with van der Waals surface area (Å²) in [6, 6.07) is 26.6. The number of halogens is 1. The molecule has 0 aliphatic rings. The lowest BCUT2D eigenvalue weighted by Crippen LogP contribution is -3.00. The molecule has 0 saturated carbocycles. The van der Waals surface area contributed by atoms with Crippen molar-refractivity contribution in [3.63, 3.8) is 0 Å². The molecular weight excluding hydrogens is 583 g/mol. The van der Waals surface area contributed by atoms with Gasteiger partial charge in [-0.3, -0.25) is 14.9 Å². The van der Waals surface area contributed by atoms with Crippen molar-refractivity contribution in [2.24, 2.45) is 0 Å². The van der Waals surface area contributed by atoms with Crippen molar-refractivity contribution in [3.8, 4) is 0 Å². The number of nitrogens with zero attached hydrogens (tertiary/aromatic N) is 1. The summed E-state index contributed by atoms with van der Waals surface area (Å²) in [5, 5.41) is 36.6. The number of nitro groups is 1. The molecule has 0 aliphatic heterocycles. The minimum Gasteiger partial charge on any atom is -1.00 e. The molecule has 0 radical (unpaired) electrons. The third kappa shape index (κ3) is 11.6. The zero-order valence-corrected chi connectivity index (χ0v) is 26.8. The summed E-state index contributed by atoms with van der Waals surface area (Å²) in [5.74, 6) is -0.212. The van der Waals surface area contributed by atoms with Crippen LogP contribution >= 0.6 is 7.26 Å². The van der Waals surface area contributed by atoms with Gasteiger partial charge in [0.15, 0.2) is 0 Å². The van der Waals surface area contributed by atoms with Crippen molar-refractivity contribution in [1.82, 2.24) is 5.32 Å². The number of carbonyl (C=O) groups excluding carboxylic acids is 1. The molecule has 3 N–H and O–H groups in total. The monoisotopic (exact) mass is 628 g/mol. The Balaban J connectivity index is 0.00000645. The lowest BCUT2D eigenvalue weighted by atomic mass is 10.0. The number of unbranched alkanes of at least 4 members (excludes halogenated alkanes) is 8. The predicted octanol–water partition coefficient (Wildman–Crippen LogP) is 3.31. The summed E-state index contributed by atoms with van der Waals surface area (Å²) in [5.41, 5.74) is 0.324. The van der Waals surface area contributed by atoms with Crippen LogP contribution in [0.5, 0.6) is 0 Å². The first-order valence-electron chi connectivity index (χ1n) is 15.1. The quantitative estimate of drug-likeness (QED) is 0.0816. The van der Waals surface area contributed by atoms with E-state index in [-0.39, 0.29) is 24.0 Å². The molecule has 0 aromatic heterocycles. The molecule has 234 valence electrons. The molecule has 0 bridgehead atoms. The summed E-state index contributed by atoms with van der Waals surface area (Å²) < 4.78 is 0. The van der Waals surface area contributed by atoms with Gasteiger partial charge in [-0.2, -0.15) is 0 Å². The Morgan fingerprint density at radius 1 is 0.791 bits per heavy atom. The van der Waals surface area contributed by atoms with Crippen LogP contribution in [0.15, 0.2) is 84.9 Å². The smallest absolute Gasteiger partial charge is 0.269 e. The van der Waals surface area contributed by atoms with Crippen molar-refractivity contribution in [3.05, 3.63) is 101 Å². The highest BCUT2D eigenvalue weighted by Crippen LogP contribution is 2.53. The van der Waals surface area contributed by atoms with Crippen LogP contribution in [0.4, 0.5) is 5.69 Å². The van der Waals surface area contributed by atoms with Crippen molar-refractivity contribution in [2.45, 2.75) is 76.4 Å². The van der Waals surface area contributed by atoms with Crippen LogP contribution in [0.3, 0.4) is 0 Å². The number of aliphatic hydroxyl groups excluding tert-OH is 2. The van der Waals surface area contributed by atoms with Crippen LogP contribution in [0.25, 0.3) is 0 Å². The number of rotatable bonds is 19. The SMILES string of the molecule is C[P+](CCCCCCCCCCCC(=O)NC(CO)C(O)c1ccc([N+](=O)[O-])cc1)(c1ccccc1)c1ccccc1.[Cl-]. The van der Waals surface area contributed by atoms with Gasteiger partial charge in [0.2, 0.25) is 5.91 Å². The zero-order valence-electron chi connectivity index (χ0n) is 25.1. The summed E-state index contributed by atoms with van der Waals surface area (Å²) in [6.45, 7) is 2.05. The Kier molecular flexibility index (Phi) is 16.4. The molecule has 9 heteroatoms. The van der Waals surface area contributed by atoms with E-state index >= 15 is 0 Å². The Morgan fingerprint density at radius 2 is 1.26 bits per heavy atom. The first-order valence-corrected chi connectivity index (χ1v) is 17.6. The van der Waals surface area contributed by atoms with Gasteiger partial charge in [0.25, 0.3) is 5.69 Å². The van der Waals surface area contributed by atoms with Crippen LogP contribution in [-0.2, 0) is 4.79 Å². The summed E-state index contributed by atoms with van der Waals surface area (Å²) in [4.78, 5) is 22.7. The fraction of sp³-hybridized carbons (Fsp3) is 0.441. The number of hydrogen-bond donors (Lipinski definition) is 3. The fourth-order valence-corrected chi connectivity index (χ4v) is 8.73. The topological polar surface area (TPSA) is 113 Å². The maximum atomic E-state index is 12.4. The van der Waals surface area contributed by atoms with Gasteiger partial charge >= 0.3 is 0 Å². The predicted molar refractivity (Wildman–Crippen MR) is 173 cm³/mol. The number of benzene rings is 3. The maximum absolute atomic E-state index is 12.4. The van der Waals surface area contributed by atoms with Gasteiger partial charge in [0.1, 0.15) is 6.10 Å². The van der Waals surface area contributed by atoms with E-state index in [0.717, 1.165) is 19.3 Å². The number of aliphatic hydroxyl groups is 2. The maximum Gasteiger partial charge on any atom is 0.269 e. The van der Waals surface area contributed by atoms with E-state index in [1.54, 1.807) is 0 Å². The molecule has 7 nitrogen and oxygen atoms in total. The van der Waals surface area contributed by atoms with Gasteiger partial charge < -0.3 is 27.9 Å². The lowest BCUT2D eigenvalue weighted by molar-refractivity contribution is -0.384. The van der Waals surface area contributed by atoms with Crippen molar-refractivity contribution in [2.75, 3.05) is 19.4 Å². The number of amides is 1. The van der Waals surface area contributed by atoms with Crippen molar-refractivity contribution in [1.29, 1.82) is 0 Å². The second kappa shape index (κ2) is 19.4. The molecule has 1 amide bonds. The van der Waals surface area contributed by atoms with Gasteiger partial charge in [-0.25, -0.2) is 0 Å². The zero-order chi connectivity index (χ0) is 30.2. The fourth-order valence-electron chi connectivity index (χ4n) is 5.40. The summed E-state index contributed by atoms with van der Waals surface area (Å²) in [6.07, 6.45) is 10.6. The highest BCUT2D eigenvalue weighted by molar-refractivity contribution is 7.88. The third-order valence-electron chi connectivity index (χ3n) is 8.03. The molecule has 2 atom stereocenters. The van der Waals surface area contributed by atoms with Gasteiger partial charge in [-0.05, 0) is 61.2 Å². The van der Waals surface area contributed by atoms with Crippen LogP contribution in [-0.4, -0.2) is 46.5 Å². The highest BCUT2D eigenvalue weighted by Gasteiger charge is 2.36. The van der Waals surface area contributed by atoms with E-state index in [0.29, 0.717) is 12.0 Å². The average Bonchev–Trinajstić information content (AvgIpc) is 3.02. The molecule has 43 heavy (non-hydrogen) atoms. The van der Waals surface area contributed by atoms with Crippen molar-refractivity contribution < 1.29 is 32.3 Å². The standard InChI is InChI=1S/C34H45N2O5P.ClH/c1-42(30-17-11-9-12-18-30,31-19-13-10-14-20-31)26-16-8-6-4-2-3-5-7-15-21-33(38)35-32(27-37)34(39)28-22-24-29(25-23-28)36(40)41;/h9-14,17-20,22-25,32,34,37,39H,2-8,15-16,21,26-27H2,1H3;1H. The first-order chi connectivity index (χ1) is 20.3. The second-order valence-corrected chi connectivity index (χ2v) is 15.0. The Hall–Kier alpha value is -2.83. The molecule has 0 heterocycles. The molecule has 0 fully saturated rings. The number of nitrogens with one attached hydrogen (secondary N) is 1. The van der Waals surface area contributed by atoms with E-state index in [1.165, 1.54) is 79.6 Å². The van der Waals surface area contributed by atoms with E-state index in [1.807, 2.05) is 0 Å². The average molecular weight is 629 g/mol. The Bertz CT molecular complexity index is 1170. The molecule has 3 rings (SSSR count). The number of non-ortho nitro benzene ring substituents is 1. The molecule has 0 saturated heterocycles. The van der Waals surface area contributed by atoms with Gasteiger partial charge in [0.05, 0.1) is 48.3 Å². The van der Waals surface area contributed by atoms with Gasteiger partial charge in [-0.15, -0.1) is 0 Å². The molecule has 3 aromatic carbocycles. The molecule has 0 spiro atoms. The Morgan fingerprint density at radius 3 is 1.72 bits per heavy atom. The summed E-state index contributed by atoms with van der Waals surface area (Å²) >= 11 is 0. The van der Waals surface area contributed by atoms with Crippen LogP contribution in [0.1, 0.15) is 75.9 Å². The lowest BCUT2D eigenvalue weighted by Gasteiger charge is -2.23. The molecule has 0 aliphatic carbocycles. The number of hydrogen-bond acceptors (Lipinski definition) is 5. The van der Waals surface area contributed by atoms with E-state index in [4.69, 9.17) is 0 Å². The van der Waals surface area contributed by atoms with E-state index < -0.39 is 30.9 Å². The van der Waals surface area contributed by atoms with Crippen LogP contribution in [0.2, 0.25) is 0 Å². The third-order valence-corrected chi connectivity index (χ3v) is 12.1. The minimum atomic E-state index is -1.38. The minimum absolute atomic E-state index is 0. The Labute approximate surface area is 263 Å². The molecule has 2 unspecified atom stereocenters. The van der Waals surface area contributed by atoms with E-state index in [2.05, 4.69) is 72.6 Å². The normalized spacial score (nSPS) is 12.6. The van der Waals surface area contributed by atoms with Gasteiger partial charge in [-0.1, -0.05) is 74.9 Å². The van der Waals surface area contributed by atoms with Gasteiger partial charge in [0, 0.05) is 18.6 Å². The summed E-state index contributed by atoms with van der Waals surface area (Å²) in [7, 11) is -1.38. The highest BCUT2D eigenvalue weighted by atomic mass is 35.5. The number of carbonyl (C=O) groups is 1. The van der Waals surface area contributed by atoms with E-state index in [9.17, 15) is 25.1 Å². The first kappa shape index (κ1) is 36.4. The van der Waals surface area contributed by atoms with Crippen molar-refractivity contribution >= 4 is 29.5 Å². The van der Waals surface area contributed by atoms with Crippen LogP contribution in [0, 0.1) is 10.1 Å².